The molecule has 0 radical (unpaired) electrons. The zero-order chi connectivity index (χ0) is 45.8. The van der Waals surface area contributed by atoms with Crippen LogP contribution < -0.4 is 0 Å². The first-order chi connectivity index (χ1) is 30.4. The van der Waals surface area contributed by atoms with Gasteiger partial charge in [0.2, 0.25) is 0 Å². The second-order valence-electron chi connectivity index (χ2n) is 21.5. The molecule has 0 aromatic heterocycles. The Balaban J connectivity index is 0.812. The van der Waals surface area contributed by atoms with E-state index in [9.17, 15) is 55.9 Å². The van der Waals surface area contributed by atoms with E-state index in [1.165, 1.54) is 0 Å². The molecule has 4 aliphatic carbocycles. The van der Waals surface area contributed by atoms with Crippen LogP contribution in [0.15, 0.2) is 0 Å². The number of aliphatic hydroxyl groups is 10. The molecule has 19 heteroatoms. The molecule has 4 unspecified atom stereocenters. The van der Waals surface area contributed by atoms with Crippen LogP contribution in [0, 0.1) is 52.3 Å². The SMILES string of the molecule is C[C@@H]1CC[C@@]2(OC1)OC1C[C@H]3[C@@H]4CC[C@H]5C[C@@H](O[C@@H]6O[C@H](CO)C(O[C@H]7O[C@H](CO)C(O[C@H]8O[C@H](CO)[C@@H](O)[C@H](O)[C@H]8O)[C@H](O)[C@H]7O)[C@H](O)[C@H]6O)CC[C@]5(C)[C@H]4C(=O)C[C@]3(C)C1[C@@H]2C. The molecule has 0 aromatic rings. The van der Waals surface area contributed by atoms with Crippen molar-refractivity contribution in [2.75, 3.05) is 26.4 Å². The maximum absolute atomic E-state index is 14.6. The topological polar surface area (TPSA) is 293 Å². The number of Topliss-reactive ketones (excluding diaryl/α,β-unsaturated/α-hetero) is 1. The van der Waals surface area contributed by atoms with Crippen molar-refractivity contribution in [2.24, 2.45) is 52.3 Å². The molecule has 0 aromatic carbocycles. The van der Waals surface area contributed by atoms with Crippen LogP contribution in [-0.4, -0.2) is 193 Å². The van der Waals surface area contributed by atoms with Crippen molar-refractivity contribution in [3.05, 3.63) is 0 Å². The van der Waals surface area contributed by atoms with Crippen molar-refractivity contribution in [1.82, 2.24) is 0 Å². The molecule has 27 atom stereocenters. The lowest BCUT2D eigenvalue weighted by Crippen LogP contribution is -2.66. The van der Waals surface area contributed by atoms with Gasteiger partial charge in [0.05, 0.1) is 38.6 Å². The van der Waals surface area contributed by atoms with Crippen LogP contribution in [-0.2, 0) is 42.7 Å². The van der Waals surface area contributed by atoms with Gasteiger partial charge < -0.3 is 89.0 Å². The lowest BCUT2D eigenvalue weighted by atomic mass is 9.44. The van der Waals surface area contributed by atoms with E-state index in [0.717, 1.165) is 38.5 Å². The molecule has 64 heavy (non-hydrogen) atoms. The summed E-state index contributed by atoms with van der Waals surface area (Å²) in [6.45, 7) is 7.56. The van der Waals surface area contributed by atoms with Crippen molar-refractivity contribution in [2.45, 2.75) is 196 Å². The van der Waals surface area contributed by atoms with E-state index in [1.807, 2.05) is 0 Å². The monoisotopic (exact) mass is 916 g/mol. The highest BCUT2D eigenvalue weighted by Crippen LogP contribution is 2.70. The maximum atomic E-state index is 14.6. The molecule has 9 rings (SSSR count). The molecule has 0 amide bonds. The van der Waals surface area contributed by atoms with Gasteiger partial charge in [0.15, 0.2) is 24.7 Å². The molecule has 10 N–H and O–H groups in total. The number of hydrogen-bond donors (Lipinski definition) is 10. The summed E-state index contributed by atoms with van der Waals surface area (Å²) < 4.78 is 48.3. The fraction of sp³-hybridized carbons (Fsp3) is 0.978. The lowest BCUT2D eigenvalue weighted by Gasteiger charge is -2.60. The minimum atomic E-state index is -1.93. The molecule has 4 saturated carbocycles. The van der Waals surface area contributed by atoms with Crippen LogP contribution >= 0.6 is 0 Å². The lowest BCUT2D eigenvalue weighted by molar-refractivity contribution is -0.381. The number of hydrogen-bond acceptors (Lipinski definition) is 19. The Kier molecular flexibility index (Phi) is 13.5. The number of ketones is 1. The Morgan fingerprint density at radius 1 is 0.641 bits per heavy atom. The summed E-state index contributed by atoms with van der Waals surface area (Å²) in [5.74, 6) is 1.61. The first kappa shape index (κ1) is 48.0. The molecule has 5 heterocycles. The molecule has 5 aliphatic heterocycles. The highest BCUT2D eigenvalue weighted by Gasteiger charge is 2.71. The first-order valence-corrected chi connectivity index (χ1v) is 23.8. The van der Waals surface area contributed by atoms with Gasteiger partial charge in [-0.05, 0) is 85.4 Å². The minimum Gasteiger partial charge on any atom is -0.394 e. The van der Waals surface area contributed by atoms with Gasteiger partial charge in [-0.3, -0.25) is 4.79 Å². The maximum Gasteiger partial charge on any atom is 0.187 e. The second kappa shape index (κ2) is 18.0. The highest BCUT2D eigenvalue weighted by molar-refractivity contribution is 5.84. The van der Waals surface area contributed by atoms with Gasteiger partial charge in [0.25, 0.3) is 0 Å². The summed E-state index contributed by atoms with van der Waals surface area (Å²) in [6.07, 6.45) is -17.6. The van der Waals surface area contributed by atoms with Gasteiger partial charge in [0.1, 0.15) is 79.0 Å². The molecule has 366 valence electrons. The number of aliphatic hydroxyl groups excluding tert-OH is 10. The quantitative estimate of drug-likeness (QED) is 0.117. The predicted molar refractivity (Wildman–Crippen MR) is 216 cm³/mol. The standard InChI is InChI=1S/C45H72O19/c1-18-7-10-45(57-17-18)19(2)29-25(64-45)12-23-22-6-5-20-11-21(8-9-43(20,3)30(22)24(49)13-44(23,29)4)58-40-36(55)33(52)38(27(15-47)60-40)63-42-37(56)34(53)39(28(16-48)61-42)62-41-35(54)32(51)31(50)26(14-46)59-41/h18-23,25-42,46-48,50-56H,5-17H2,1-4H3/t18-,19+,20+,21+,22+,23+,25?,26-,27-,28-,29?,30-,31-,32+,33-,34-,35-,36-,37-,38?,39?,40-,41-,42-,43+,44+,45-/m1/s1. The van der Waals surface area contributed by atoms with Crippen molar-refractivity contribution < 1.29 is 93.8 Å². The first-order valence-electron chi connectivity index (χ1n) is 23.8. The molecular formula is C45H72O19. The Morgan fingerprint density at radius 3 is 1.80 bits per heavy atom. The van der Waals surface area contributed by atoms with Crippen LogP contribution in [0.3, 0.4) is 0 Å². The van der Waals surface area contributed by atoms with E-state index in [-0.39, 0.29) is 52.6 Å². The molecular weight excluding hydrogens is 844 g/mol. The van der Waals surface area contributed by atoms with Crippen LogP contribution in [0.2, 0.25) is 0 Å². The Labute approximate surface area is 373 Å². The largest absolute Gasteiger partial charge is 0.394 e. The molecule has 9 aliphatic rings. The van der Waals surface area contributed by atoms with Crippen molar-refractivity contribution >= 4 is 5.78 Å². The zero-order valence-electron chi connectivity index (χ0n) is 37.2. The molecule has 19 nitrogen and oxygen atoms in total. The van der Waals surface area contributed by atoms with Gasteiger partial charge in [-0.15, -0.1) is 0 Å². The Morgan fingerprint density at radius 2 is 1.22 bits per heavy atom. The number of carbonyl (C=O) groups is 1. The van der Waals surface area contributed by atoms with Gasteiger partial charge in [-0.2, -0.15) is 0 Å². The third-order valence-corrected chi connectivity index (χ3v) is 18.0. The van der Waals surface area contributed by atoms with E-state index in [2.05, 4.69) is 27.7 Å². The molecule has 9 fully saturated rings. The summed E-state index contributed by atoms with van der Waals surface area (Å²) in [6, 6.07) is 0. The molecule has 1 spiro atoms. The van der Waals surface area contributed by atoms with Gasteiger partial charge in [-0.1, -0.05) is 27.7 Å². The van der Waals surface area contributed by atoms with Gasteiger partial charge >= 0.3 is 0 Å². The van der Waals surface area contributed by atoms with E-state index >= 15 is 0 Å². The highest BCUT2D eigenvalue weighted by atomic mass is 16.8. The number of fused-ring (bicyclic) bond motifs is 7. The van der Waals surface area contributed by atoms with Crippen molar-refractivity contribution in [3.8, 4) is 0 Å². The normalized spacial score (nSPS) is 57.5. The van der Waals surface area contributed by atoms with Gasteiger partial charge in [-0.25, -0.2) is 0 Å². The fourth-order valence-corrected chi connectivity index (χ4v) is 14.5. The Hall–Kier alpha value is -1.05. The number of ether oxygens (including phenoxy) is 8. The predicted octanol–water partition coefficient (Wildman–Crippen LogP) is -1.55. The van der Waals surface area contributed by atoms with Crippen molar-refractivity contribution in [3.63, 3.8) is 0 Å². The smallest absolute Gasteiger partial charge is 0.187 e. The van der Waals surface area contributed by atoms with Gasteiger partial charge in [0, 0.05) is 24.7 Å². The van der Waals surface area contributed by atoms with Crippen LogP contribution in [0.5, 0.6) is 0 Å². The summed E-state index contributed by atoms with van der Waals surface area (Å²) in [7, 11) is 0. The van der Waals surface area contributed by atoms with E-state index < -0.39 is 118 Å². The summed E-state index contributed by atoms with van der Waals surface area (Å²) in [5.41, 5.74) is -0.373. The Bertz CT molecular complexity index is 1640. The van der Waals surface area contributed by atoms with E-state index in [0.29, 0.717) is 43.5 Å². The number of carbonyl (C=O) groups excluding carboxylic acids is 1. The third kappa shape index (κ3) is 7.77. The number of rotatable bonds is 9. The van der Waals surface area contributed by atoms with E-state index in [1.54, 1.807) is 0 Å². The van der Waals surface area contributed by atoms with Crippen LogP contribution in [0.1, 0.15) is 85.5 Å². The second-order valence-corrected chi connectivity index (χ2v) is 21.5. The fourth-order valence-electron chi connectivity index (χ4n) is 14.5. The van der Waals surface area contributed by atoms with Crippen LogP contribution in [0.4, 0.5) is 0 Å². The summed E-state index contributed by atoms with van der Waals surface area (Å²) in [4.78, 5) is 14.6. The molecule has 0 bridgehead atoms. The van der Waals surface area contributed by atoms with Crippen LogP contribution in [0.25, 0.3) is 0 Å². The summed E-state index contributed by atoms with van der Waals surface area (Å²) >= 11 is 0. The van der Waals surface area contributed by atoms with Crippen molar-refractivity contribution in [1.29, 1.82) is 0 Å². The summed E-state index contributed by atoms with van der Waals surface area (Å²) in [5, 5.41) is 106. The third-order valence-electron chi connectivity index (χ3n) is 18.0. The zero-order valence-corrected chi connectivity index (χ0v) is 37.2. The average Bonchev–Trinajstić information content (AvgIpc) is 3.72. The average molecular weight is 917 g/mol. The minimum absolute atomic E-state index is 0.0638. The molecule has 5 saturated heterocycles. The van der Waals surface area contributed by atoms with E-state index in [4.69, 9.17) is 37.9 Å².